The van der Waals surface area contributed by atoms with Gasteiger partial charge in [0.2, 0.25) is 5.75 Å². The zero-order valence-corrected chi connectivity index (χ0v) is 21.9. The number of aromatic nitrogens is 3. The molecule has 0 aliphatic heterocycles. The molecule has 0 radical (unpaired) electrons. The number of nitrogens with one attached hydrogen (secondary N) is 1. The summed E-state index contributed by atoms with van der Waals surface area (Å²) in [4.78, 5) is 12.5. The van der Waals surface area contributed by atoms with Crippen LogP contribution in [0, 0.1) is 0 Å². The largest absolute Gasteiger partial charge is 0.493 e. The number of halogens is 1. The molecule has 0 bridgehead atoms. The first-order chi connectivity index (χ1) is 18.0. The minimum atomic E-state index is -0.302. The van der Waals surface area contributed by atoms with E-state index in [1.54, 1.807) is 24.3 Å². The van der Waals surface area contributed by atoms with Gasteiger partial charge < -0.3 is 14.2 Å². The normalized spacial score (nSPS) is 10.9. The van der Waals surface area contributed by atoms with Crippen LogP contribution in [-0.2, 0) is 4.79 Å². The molecule has 3 aromatic carbocycles. The summed E-state index contributed by atoms with van der Waals surface area (Å²) in [6, 6.07) is 20.5. The number of benzene rings is 3. The van der Waals surface area contributed by atoms with Crippen molar-refractivity contribution in [2.75, 3.05) is 27.1 Å². The van der Waals surface area contributed by atoms with Crippen LogP contribution in [0.3, 0.4) is 0 Å². The third kappa shape index (κ3) is 6.22. The number of amides is 1. The van der Waals surface area contributed by atoms with Gasteiger partial charge in [0.1, 0.15) is 0 Å². The average molecular weight is 538 g/mol. The molecule has 0 atom stereocenters. The molecule has 9 nitrogen and oxygen atoms in total. The third-order valence-electron chi connectivity index (χ3n) is 5.17. The van der Waals surface area contributed by atoms with E-state index in [2.05, 4.69) is 20.7 Å². The Hall–Kier alpha value is -4.02. The Morgan fingerprint density at radius 1 is 1.00 bits per heavy atom. The van der Waals surface area contributed by atoms with E-state index in [1.807, 2.05) is 47.0 Å². The Morgan fingerprint density at radius 2 is 1.68 bits per heavy atom. The van der Waals surface area contributed by atoms with Gasteiger partial charge in [-0.2, -0.15) is 5.10 Å². The average Bonchev–Trinajstić information content (AvgIpc) is 3.36. The van der Waals surface area contributed by atoms with E-state index in [1.165, 1.54) is 39.3 Å². The molecule has 4 rings (SSSR count). The molecule has 0 saturated carbocycles. The molecule has 190 valence electrons. The van der Waals surface area contributed by atoms with Crippen molar-refractivity contribution in [3.05, 3.63) is 77.3 Å². The highest BCUT2D eigenvalue weighted by Gasteiger charge is 2.17. The van der Waals surface area contributed by atoms with Gasteiger partial charge in [-0.05, 0) is 48.5 Å². The second-order valence-corrected chi connectivity index (χ2v) is 8.90. The number of carbonyl (C=O) groups is 1. The standard InChI is InChI=1S/C26H24ClN5O4S/c1-34-21-13-17(14-22(35-2)24(21)36-3)15-28-29-23(33)16-37-26-31-30-25(18-9-11-19(27)12-10-18)32(26)20-7-5-4-6-8-20/h4-15H,16H2,1-3H3,(H,29,33). The van der Waals surface area contributed by atoms with E-state index in [4.69, 9.17) is 25.8 Å². The summed E-state index contributed by atoms with van der Waals surface area (Å²) in [7, 11) is 4.59. The summed E-state index contributed by atoms with van der Waals surface area (Å²) in [5.74, 6) is 1.88. The number of thioether (sulfide) groups is 1. The molecular formula is C26H24ClN5O4S. The predicted octanol–water partition coefficient (Wildman–Crippen LogP) is 4.86. The van der Waals surface area contributed by atoms with Gasteiger partial charge >= 0.3 is 0 Å². The lowest BCUT2D eigenvalue weighted by atomic mass is 10.2. The van der Waals surface area contributed by atoms with Gasteiger partial charge in [-0.15, -0.1) is 10.2 Å². The Bertz CT molecular complexity index is 1370. The van der Waals surface area contributed by atoms with Crippen LogP contribution in [-0.4, -0.2) is 54.0 Å². The van der Waals surface area contributed by atoms with Crippen LogP contribution in [0.15, 0.2) is 77.0 Å². The Labute approximate surface area is 223 Å². The van der Waals surface area contributed by atoms with Crippen molar-refractivity contribution < 1.29 is 19.0 Å². The van der Waals surface area contributed by atoms with Gasteiger partial charge in [-0.3, -0.25) is 9.36 Å². The number of carbonyl (C=O) groups excluding carboxylic acids is 1. The van der Waals surface area contributed by atoms with Gasteiger partial charge in [0.25, 0.3) is 5.91 Å². The van der Waals surface area contributed by atoms with Crippen molar-refractivity contribution in [1.82, 2.24) is 20.2 Å². The molecule has 37 heavy (non-hydrogen) atoms. The lowest BCUT2D eigenvalue weighted by Crippen LogP contribution is -2.20. The summed E-state index contributed by atoms with van der Waals surface area (Å²) < 4.78 is 17.9. The molecular weight excluding hydrogens is 514 g/mol. The molecule has 11 heteroatoms. The highest BCUT2D eigenvalue weighted by Crippen LogP contribution is 2.37. The number of ether oxygens (including phenoxy) is 3. The lowest BCUT2D eigenvalue weighted by Gasteiger charge is -2.12. The predicted molar refractivity (Wildman–Crippen MR) is 144 cm³/mol. The highest BCUT2D eigenvalue weighted by atomic mass is 35.5. The Morgan fingerprint density at radius 3 is 2.30 bits per heavy atom. The maximum Gasteiger partial charge on any atom is 0.250 e. The maximum absolute atomic E-state index is 12.5. The summed E-state index contributed by atoms with van der Waals surface area (Å²) in [5, 5.41) is 14.0. The van der Waals surface area contributed by atoms with Gasteiger partial charge in [-0.25, -0.2) is 5.43 Å². The first-order valence-corrected chi connectivity index (χ1v) is 12.4. The van der Waals surface area contributed by atoms with Crippen LogP contribution in [0.25, 0.3) is 17.1 Å². The first kappa shape index (κ1) is 26.1. The maximum atomic E-state index is 12.5. The number of nitrogens with zero attached hydrogens (tertiary/aromatic N) is 4. The molecule has 1 amide bonds. The molecule has 0 spiro atoms. The molecule has 1 heterocycles. The van der Waals surface area contributed by atoms with Crippen LogP contribution in [0.1, 0.15) is 5.56 Å². The van der Waals surface area contributed by atoms with E-state index in [0.717, 1.165) is 11.3 Å². The minimum absolute atomic E-state index is 0.0815. The molecule has 0 saturated heterocycles. The SMILES string of the molecule is COc1cc(C=NNC(=O)CSc2nnc(-c3ccc(Cl)cc3)n2-c2ccccc2)cc(OC)c1OC. The van der Waals surface area contributed by atoms with Crippen LogP contribution in [0.2, 0.25) is 5.02 Å². The van der Waals surface area contributed by atoms with Gasteiger partial charge in [0.05, 0.1) is 33.3 Å². The van der Waals surface area contributed by atoms with E-state index < -0.39 is 0 Å². The highest BCUT2D eigenvalue weighted by molar-refractivity contribution is 7.99. The summed E-state index contributed by atoms with van der Waals surface area (Å²) >= 11 is 7.30. The van der Waals surface area contributed by atoms with E-state index in [-0.39, 0.29) is 11.7 Å². The molecule has 1 N–H and O–H groups in total. The first-order valence-electron chi connectivity index (χ1n) is 11.1. The smallest absolute Gasteiger partial charge is 0.250 e. The summed E-state index contributed by atoms with van der Waals surface area (Å²) in [6.45, 7) is 0. The number of hydrogen-bond acceptors (Lipinski definition) is 8. The van der Waals surface area contributed by atoms with Crippen molar-refractivity contribution in [2.24, 2.45) is 5.10 Å². The number of methoxy groups -OCH3 is 3. The fourth-order valence-electron chi connectivity index (χ4n) is 3.48. The van der Waals surface area contributed by atoms with Gasteiger partial charge in [0.15, 0.2) is 22.5 Å². The molecule has 0 aliphatic rings. The second-order valence-electron chi connectivity index (χ2n) is 7.52. The van der Waals surface area contributed by atoms with Crippen LogP contribution >= 0.6 is 23.4 Å². The van der Waals surface area contributed by atoms with E-state index in [0.29, 0.717) is 38.8 Å². The van der Waals surface area contributed by atoms with Crippen molar-refractivity contribution in [3.8, 4) is 34.3 Å². The Kier molecular flexibility index (Phi) is 8.65. The number of hydrazone groups is 1. The van der Waals surface area contributed by atoms with Crippen molar-refractivity contribution >= 4 is 35.5 Å². The lowest BCUT2D eigenvalue weighted by molar-refractivity contribution is -0.118. The molecule has 0 unspecified atom stereocenters. The quantitative estimate of drug-likeness (QED) is 0.175. The van der Waals surface area contributed by atoms with Gasteiger partial charge in [0, 0.05) is 21.8 Å². The number of para-hydroxylation sites is 1. The molecule has 4 aromatic rings. The third-order valence-corrected chi connectivity index (χ3v) is 6.35. The second kappa shape index (κ2) is 12.3. The molecule has 0 aliphatic carbocycles. The zero-order valence-electron chi connectivity index (χ0n) is 20.3. The van der Waals surface area contributed by atoms with E-state index in [9.17, 15) is 4.79 Å². The molecule has 1 aromatic heterocycles. The minimum Gasteiger partial charge on any atom is -0.493 e. The van der Waals surface area contributed by atoms with Crippen molar-refractivity contribution in [2.45, 2.75) is 5.16 Å². The fraction of sp³-hybridized carbons (Fsp3) is 0.154. The van der Waals surface area contributed by atoms with Crippen molar-refractivity contribution in [1.29, 1.82) is 0 Å². The number of hydrogen-bond donors (Lipinski definition) is 1. The van der Waals surface area contributed by atoms with Gasteiger partial charge in [-0.1, -0.05) is 41.6 Å². The number of rotatable bonds is 10. The molecule has 0 fully saturated rings. The van der Waals surface area contributed by atoms with E-state index >= 15 is 0 Å². The Balaban J connectivity index is 1.47. The topological polar surface area (TPSA) is 99.9 Å². The van der Waals surface area contributed by atoms with Crippen LogP contribution in [0.5, 0.6) is 17.2 Å². The summed E-state index contributed by atoms with van der Waals surface area (Å²) in [6.07, 6.45) is 1.50. The van der Waals surface area contributed by atoms with Crippen LogP contribution < -0.4 is 19.6 Å². The van der Waals surface area contributed by atoms with Crippen molar-refractivity contribution in [3.63, 3.8) is 0 Å². The fourth-order valence-corrected chi connectivity index (χ4v) is 4.35. The summed E-state index contributed by atoms with van der Waals surface area (Å²) in [5.41, 5.74) is 4.93. The van der Waals surface area contributed by atoms with Crippen LogP contribution in [0.4, 0.5) is 0 Å². The zero-order chi connectivity index (χ0) is 26.2. The monoisotopic (exact) mass is 537 g/mol.